The maximum Gasteiger partial charge on any atom is 0.410 e. The molecule has 1 heterocycles. The molecule has 1 amide bonds. The Morgan fingerprint density at radius 3 is 2.56 bits per heavy atom. The van der Waals surface area contributed by atoms with E-state index in [4.69, 9.17) is 9.57 Å². The molecule has 0 unspecified atom stereocenters. The summed E-state index contributed by atoms with van der Waals surface area (Å²) in [7, 11) is -1.32. The van der Waals surface area contributed by atoms with Crippen LogP contribution in [0, 0.1) is 0 Å². The van der Waals surface area contributed by atoms with Crippen LogP contribution in [0.1, 0.15) is 18.4 Å². The van der Waals surface area contributed by atoms with Crippen LogP contribution in [-0.2, 0) is 21.0 Å². The van der Waals surface area contributed by atoms with Crippen molar-refractivity contribution in [2.24, 2.45) is 0 Å². The Balaban J connectivity index is 1.86. The second-order valence-corrected chi connectivity index (χ2v) is 13.7. The van der Waals surface area contributed by atoms with Crippen molar-refractivity contribution in [3.05, 3.63) is 35.9 Å². The Hall–Kier alpha value is -1.90. The van der Waals surface area contributed by atoms with Gasteiger partial charge in [0.15, 0.2) is 0 Å². The second kappa shape index (κ2) is 9.87. The molecule has 7 nitrogen and oxygen atoms in total. The van der Waals surface area contributed by atoms with Crippen molar-refractivity contribution in [1.82, 2.24) is 10.4 Å². The molecule has 0 aliphatic carbocycles. The van der Waals surface area contributed by atoms with Crippen molar-refractivity contribution in [3.8, 4) is 0 Å². The van der Waals surface area contributed by atoms with Crippen LogP contribution >= 0.6 is 0 Å². The lowest BCUT2D eigenvalue weighted by atomic mass is 9.99. The summed E-state index contributed by atoms with van der Waals surface area (Å²) in [5.41, 5.74) is 3.99. The molecule has 2 atom stereocenters. The fraction of sp³-hybridized carbons (Fsp3) is 0.579. The molecule has 1 aromatic rings. The number of piperidine rings is 1. The summed E-state index contributed by atoms with van der Waals surface area (Å²) in [4.78, 5) is 30.8. The number of ether oxygens (including phenoxy) is 1. The number of hydrogen-bond acceptors (Lipinski definition) is 5. The Morgan fingerprint density at radius 1 is 1.22 bits per heavy atom. The minimum atomic E-state index is -1.32. The van der Waals surface area contributed by atoms with E-state index in [2.05, 4.69) is 25.1 Å². The summed E-state index contributed by atoms with van der Waals surface area (Å²) in [5, 5.41) is 9.43. The molecule has 1 aliphatic rings. The van der Waals surface area contributed by atoms with Gasteiger partial charge in [0.05, 0.1) is 19.3 Å². The second-order valence-electron chi connectivity index (χ2n) is 8.10. The topological polar surface area (TPSA) is 88.1 Å². The van der Waals surface area contributed by atoms with Crippen molar-refractivity contribution in [2.75, 3.05) is 13.2 Å². The van der Waals surface area contributed by atoms with E-state index < -0.39 is 26.2 Å². The molecule has 1 aliphatic heterocycles. The van der Waals surface area contributed by atoms with Crippen LogP contribution in [0.5, 0.6) is 0 Å². The van der Waals surface area contributed by atoms with E-state index in [0.717, 1.165) is 11.6 Å². The lowest BCUT2D eigenvalue weighted by Gasteiger charge is -2.36. The number of carbonyl (C=O) groups excluding carboxylic acids is 1. The minimum Gasteiger partial charge on any atom is -0.480 e. The number of hydroxylamine groups is 1. The molecule has 8 heteroatoms. The minimum absolute atomic E-state index is 0.131. The third kappa shape index (κ3) is 7.32. The number of nitrogens with one attached hydrogen (secondary N) is 1. The first-order valence-electron chi connectivity index (χ1n) is 9.34. The van der Waals surface area contributed by atoms with Crippen LogP contribution in [0.2, 0.25) is 25.7 Å². The van der Waals surface area contributed by atoms with Gasteiger partial charge in [-0.1, -0.05) is 50.0 Å². The van der Waals surface area contributed by atoms with Gasteiger partial charge in [0.25, 0.3) is 0 Å². The molecule has 2 N–H and O–H groups in total. The van der Waals surface area contributed by atoms with Crippen molar-refractivity contribution in [3.63, 3.8) is 0 Å². The van der Waals surface area contributed by atoms with E-state index in [9.17, 15) is 14.7 Å². The van der Waals surface area contributed by atoms with Gasteiger partial charge in [0.1, 0.15) is 6.04 Å². The predicted molar refractivity (Wildman–Crippen MR) is 105 cm³/mol. The molecule has 0 bridgehead atoms. The fourth-order valence-electron chi connectivity index (χ4n) is 2.87. The number of likely N-dealkylation sites (tertiary alicyclic amines) is 1. The SMILES string of the molecule is C[Si](C)(C)CCOC(=O)N1C[C@H](NOCc2ccccc2)CC[C@H]1C(=O)O. The normalized spacial score (nSPS) is 20.3. The summed E-state index contributed by atoms with van der Waals surface area (Å²) < 4.78 is 5.35. The van der Waals surface area contributed by atoms with Crippen LogP contribution in [0.25, 0.3) is 0 Å². The Morgan fingerprint density at radius 2 is 1.93 bits per heavy atom. The number of carboxylic acids is 1. The Kier molecular flexibility index (Phi) is 7.82. The molecule has 1 aromatic carbocycles. The van der Waals surface area contributed by atoms with Gasteiger partial charge in [0, 0.05) is 14.6 Å². The quantitative estimate of drug-likeness (QED) is 0.520. The molecule has 2 rings (SSSR count). The third-order valence-corrected chi connectivity index (χ3v) is 6.21. The summed E-state index contributed by atoms with van der Waals surface area (Å²) in [6, 6.07) is 9.62. The van der Waals surface area contributed by atoms with E-state index in [0.29, 0.717) is 26.1 Å². The highest BCUT2D eigenvalue weighted by Gasteiger charge is 2.37. The monoisotopic (exact) mass is 394 g/mol. The lowest BCUT2D eigenvalue weighted by Crippen LogP contribution is -2.55. The average molecular weight is 395 g/mol. The zero-order valence-corrected chi connectivity index (χ0v) is 17.3. The van der Waals surface area contributed by atoms with E-state index in [1.54, 1.807) is 0 Å². The number of nitrogens with zero attached hydrogens (tertiary/aromatic N) is 1. The fourth-order valence-corrected chi connectivity index (χ4v) is 3.58. The maximum atomic E-state index is 12.4. The van der Waals surface area contributed by atoms with Gasteiger partial charge in [-0.15, -0.1) is 0 Å². The number of aliphatic carboxylic acids is 1. The van der Waals surface area contributed by atoms with Crippen LogP contribution in [0.3, 0.4) is 0 Å². The zero-order chi connectivity index (χ0) is 19.9. The number of benzene rings is 1. The standard InChI is InChI=1S/C19H30N2O5Si/c1-27(2,3)12-11-25-19(24)21-13-16(9-10-17(21)18(22)23)20-26-14-15-7-5-4-6-8-15/h4-8,16-17,20H,9-14H2,1-3H3,(H,22,23)/t16-,17+/m1/s1. The largest absolute Gasteiger partial charge is 0.480 e. The van der Waals surface area contributed by atoms with Gasteiger partial charge in [-0.3, -0.25) is 9.74 Å². The van der Waals surface area contributed by atoms with Gasteiger partial charge in [-0.25, -0.2) is 9.59 Å². The van der Waals surface area contributed by atoms with E-state index >= 15 is 0 Å². The Labute approximate surface area is 161 Å². The van der Waals surface area contributed by atoms with Crippen LogP contribution in [0.4, 0.5) is 4.79 Å². The van der Waals surface area contributed by atoms with E-state index in [-0.39, 0.29) is 12.6 Å². The van der Waals surface area contributed by atoms with Crippen molar-refractivity contribution in [1.29, 1.82) is 0 Å². The summed E-state index contributed by atoms with van der Waals surface area (Å²) in [6.07, 6.45) is 0.421. The molecule has 0 spiro atoms. The molecule has 0 aromatic heterocycles. The van der Waals surface area contributed by atoms with Crippen molar-refractivity contribution >= 4 is 20.1 Å². The first-order chi connectivity index (χ1) is 12.8. The van der Waals surface area contributed by atoms with Crippen LogP contribution in [-0.4, -0.2) is 55.4 Å². The zero-order valence-electron chi connectivity index (χ0n) is 16.3. The highest BCUT2D eigenvalue weighted by molar-refractivity contribution is 6.76. The highest BCUT2D eigenvalue weighted by Crippen LogP contribution is 2.20. The third-order valence-electron chi connectivity index (χ3n) is 4.51. The average Bonchev–Trinajstić information content (AvgIpc) is 2.61. The molecule has 150 valence electrons. The van der Waals surface area contributed by atoms with Gasteiger partial charge in [-0.05, 0) is 24.4 Å². The van der Waals surface area contributed by atoms with Crippen LogP contribution < -0.4 is 5.48 Å². The first-order valence-corrected chi connectivity index (χ1v) is 13.0. The van der Waals surface area contributed by atoms with Gasteiger partial charge in [0.2, 0.25) is 0 Å². The summed E-state index contributed by atoms with van der Waals surface area (Å²) in [5.74, 6) is -0.999. The van der Waals surface area contributed by atoms with E-state index in [1.165, 1.54) is 4.90 Å². The molecule has 0 saturated carbocycles. The van der Waals surface area contributed by atoms with E-state index in [1.807, 2.05) is 30.3 Å². The van der Waals surface area contributed by atoms with Crippen molar-refractivity contribution < 1.29 is 24.3 Å². The molecule has 1 saturated heterocycles. The smallest absolute Gasteiger partial charge is 0.410 e. The summed E-state index contributed by atoms with van der Waals surface area (Å²) in [6.45, 7) is 7.58. The number of amides is 1. The lowest BCUT2D eigenvalue weighted by molar-refractivity contribution is -0.144. The maximum absolute atomic E-state index is 12.4. The van der Waals surface area contributed by atoms with Crippen LogP contribution in [0.15, 0.2) is 30.3 Å². The van der Waals surface area contributed by atoms with Gasteiger partial charge >= 0.3 is 12.1 Å². The highest BCUT2D eigenvalue weighted by atomic mass is 28.3. The molecule has 27 heavy (non-hydrogen) atoms. The molecular formula is C19H30N2O5Si. The Bertz CT molecular complexity index is 620. The molecule has 1 fully saturated rings. The molecular weight excluding hydrogens is 364 g/mol. The summed E-state index contributed by atoms with van der Waals surface area (Å²) >= 11 is 0. The van der Waals surface area contributed by atoms with Crippen molar-refractivity contribution in [2.45, 2.75) is 57.2 Å². The van der Waals surface area contributed by atoms with Gasteiger partial charge in [-0.2, -0.15) is 5.48 Å². The van der Waals surface area contributed by atoms with Gasteiger partial charge < -0.3 is 9.84 Å². The number of carbonyl (C=O) groups is 2. The number of carboxylic acid groups (broad SMARTS) is 1. The predicted octanol–water partition coefficient (Wildman–Crippen LogP) is 3.10. The number of rotatable bonds is 8. The first kappa shape index (κ1) is 21.4. The number of hydrogen-bond donors (Lipinski definition) is 2. The molecule has 0 radical (unpaired) electrons.